The lowest BCUT2D eigenvalue weighted by Gasteiger charge is -2.36. The minimum atomic E-state index is -0.726. The molecule has 2 aromatic rings. The molecule has 0 spiro atoms. The maximum Gasteiger partial charge on any atom is 0.303 e. The molecule has 0 aliphatic carbocycles. The summed E-state index contributed by atoms with van der Waals surface area (Å²) in [6.07, 6.45) is 0.922. The molecule has 0 radical (unpaired) electrons. The number of para-hydroxylation sites is 1. The van der Waals surface area contributed by atoms with Crippen molar-refractivity contribution in [1.29, 1.82) is 0 Å². The number of piperazine rings is 1. The Hall–Kier alpha value is -2.02. The predicted octanol–water partition coefficient (Wildman–Crippen LogP) is 4.37. The van der Waals surface area contributed by atoms with Crippen LogP contribution in [-0.4, -0.2) is 59.4 Å². The lowest BCUT2D eigenvalue weighted by molar-refractivity contribution is -0.137. The van der Waals surface area contributed by atoms with Gasteiger partial charge in [-0.1, -0.05) is 35.5 Å². The summed E-state index contributed by atoms with van der Waals surface area (Å²) in [6, 6.07) is 14.2. The molecule has 2 aliphatic rings. The highest BCUT2D eigenvalue weighted by atomic mass is 35.5. The molecule has 2 aliphatic heterocycles. The van der Waals surface area contributed by atoms with E-state index >= 15 is 0 Å². The second-order valence-electron chi connectivity index (χ2n) is 6.97. The molecule has 1 N–H and O–H groups in total. The van der Waals surface area contributed by atoms with Gasteiger partial charge in [-0.05, 0) is 43.3 Å². The first-order valence-electron chi connectivity index (χ1n) is 9.45. The van der Waals surface area contributed by atoms with Crippen molar-refractivity contribution >= 4 is 40.9 Å². The van der Waals surface area contributed by atoms with Crippen molar-refractivity contribution in [3.05, 3.63) is 53.1 Å². The van der Waals surface area contributed by atoms with E-state index in [4.69, 9.17) is 21.7 Å². The third-order valence-electron chi connectivity index (χ3n) is 5.03. The van der Waals surface area contributed by atoms with Gasteiger partial charge in [0.2, 0.25) is 0 Å². The zero-order valence-corrected chi connectivity index (χ0v) is 17.0. The van der Waals surface area contributed by atoms with Crippen LogP contribution in [0.2, 0.25) is 5.02 Å². The molecular weight excluding hydrogens is 394 g/mol. The number of rotatable bonds is 4. The second kappa shape index (κ2) is 8.55. The maximum atomic E-state index is 10.7. The Morgan fingerprint density at radius 2 is 1.89 bits per heavy atom. The zero-order valence-electron chi connectivity index (χ0n) is 15.5. The van der Waals surface area contributed by atoms with E-state index in [-0.39, 0.29) is 6.42 Å². The van der Waals surface area contributed by atoms with Crippen molar-refractivity contribution in [2.75, 3.05) is 32.7 Å². The van der Waals surface area contributed by atoms with E-state index in [1.54, 1.807) is 11.8 Å². The number of aliphatic imine (C=N–C) groups is 1. The number of hydrogen-bond donors (Lipinski definition) is 1. The Morgan fingerprint density at radius 3 is 2.68 bits per heavy atom. The number of carboxylic acid groups (broad SMARTS) is 1. The van der Waals surface area contributed by atoms with Gasteiger partial charge >= 0.3 is 5.97 Å². The standard InChI is InChI=1S/C21H22ClN3O2S/c22-15-7-8-18-16(14-15)21(23-17-4-1-2-5-19(17)28-18)25-12-10-24(11-13-25)9-3-6-20(26)27/h1-2,4-5,7-8,14H,3,6,9-13H2,(H,26,27). The number of carbonyl (C=O) groups is 1. The smallest absolute Gasteiger partial charge is 0.303 e. The van der Waals surface area contributed by atoms with Gasteiger partial charge in [-0.25, -0.2) is 4.99 Å². The molecule has 0 amide bonds. The van der Waals surface area contributed by atoms with Crippen LogP contribution in [0.5, 0.6) is 0 Å². The fourth-order valence-corrected chi connectivity index (χ4v) is 4.74. The van der Waals surface area contributed by atoms with Gasteiger partial charge in [-0.3, -0.25) is 9.69 Å². The molecular formula is C21H22ClN3O2S. The van der Waals surface area contributed by atoms with E-state index in [0.717, 1.165) is 59.6 Å². The van der Waals surface area contributed by atoms with Crippen molar-refractivity contribution in [2.24, 2.45) is 4.99 Å². The highest BCUT2D eigenvalue weighted by Gasteiger charge is 2.25. The van der Waals surface area contributed by atoms with Crippen molar-refractivity contribution in [1.82, 2.24) is 9.80 Å². The third kappa shape index (κ3) is 4.35. The summed E-state index contributed by atoms with van der Waals surface area (Å²) in [6.45, 7) is 4.37. The molecule has 1 saturated heterocycles. The van der Waals surface area contributed by atoms with Crippen LogP contribution in [-0.2, 0) is 4.79 Å². The normalized spacial score (nSPS) is 16.8. The Balaban J connectivity index is 1.56. The SMILES string of the molecule is O=C(O)CCCN1CCN(C2=Nc3ccccc3Sc3ccc(Cl)cc32)CC1. The van der Waals surface area contributed by atoms with Crippen molar-refractivity contribution < 1.29 is 9.90 Å². The lowest BCUT2D eigenvalue weighted by Crippen LogP contribution is -2.49. The van der Waals surface area contributed by atoms with E-state index < -0.39 is 5.97 Å². The second-order valence-corrected chi connectivity index (χ2v) is 8.49. The molecule has 146 valence electrons. The average molecular weight is 416 g/mol. The molecule has 0 aromatic heterocycles. The van der Waals surface area contributed by atoms with Crippen LogP contribution in [0, 0.1) is 0 Å². The highest BCUT2D eigenvalue weighted by molar-refractivity contribution is 7.99. The molecule has 7 heteroatoms. The van der Waals surface area contributed by atoms with Crippen molar-refractivity contribution in [3.63, 3.8) is 0 Å². The van der Waals surface area contributed by atoms with E-state index in [1.165, 1.54) is 0 Å². The largest absolute Gasteiger partial charge is 0.481 e. The zero-order chi connectivity index (χ0) is 19.5. The molecule has 1 fully saturated rings. The van der Waals surface area contributed by atoms with Gasteiger partial charge in [-0.2, -0.15) is 0 Å². The van der Waals surface area contributed by atoms with Crippen LogP contribution >= 0.6 is 23.4 Å². The number of nitrogens with zero attached hydrogens (tertiary/aromatic N) is 3. The van der Waals surface area contributed by atoms with Crippen molar-refractivity contribution in [3.8, 4) is 0 Å². The van der Waals surface area contributed by atoms with Gasteiger partial charge in [0.1, 0.15) is 5.84 Å². The fraction of sp³-hybridized carbons (Fsp3) is 0.333. The molecule has 0 unspecified atom stereocenters. The summed E-state index contributed by atoms with van der Waals surface area (Å²) in [5.74, 6) is 0.247. The number of aliphatic carboxylic acids is 1. The van der Waals surface area contributed by atoms with Crippen LogP contribution in [0.25, 0.3) is 0 Å². The Kier molecular flexibility index (Phi) is 5.90. The predicted molar refractivity (Wildman–Crippen MR) is 113 cm³/mol. The van der Waals surface area contributed by atoms with Gasteiger partial charge in [0.05, 0.1) is 5.69 Å². The quantitative estimate of drug-likeness (QED) is 0.803. The van der Waals surface area contributed by atoms with Gasteiger partial charge in [0.25, 0.3) is 0 Å². The van der Waals surface area contributed by atoms with Crippen LogP contribution in [0.1, 0.15) is 18.4 Å². The third-order valence-corrected chi connectivity index (χ3v) is 6.41. The molecule has 0 atom stereocenters. The topological polar surface area (TPSA) is 56.1 Å². The first kappa shape index (κ1) is 19.3. The molecule has 28 heavy (non-hydrogen) atoms. The number of halogens is 1. The molecule has 0 bridgehead atoms. The number of amidine groups is 1. The number of hydrogen-bond acceptors (Lipinski definition) is 5. The van der Waals surface area contributed by atoms with Crippen LogP contribution in [0.4, 0.5) is 5.69 Å². The average Bonchev–Trinajstić information content (AvgIpc) is 2.85. The minimum absolute atomic E-state index is 0.229. The molecule has 2 heterocycles. The molecule has 2 aromatic carbocycles. The lowest BCUT2D eigenvalue weighted by atomic mass is 10.1. The maximum absolute atomic E-state index is 10.7. The summed E-state index contributed by atoms with van der Waals surface area (Å²) in [7, 11) is 0. The minimum Gasteiger partial charge on any atom is -0.481 e. The number of carboxylic acids is 1. The molecule has 4 rings (SSSR count). The number of fused-ring (bicyclic) bond motifs is 2. The summed E-state index contributed by atoms with van der Waals surface area (Å²) in [5.41, 5.74) is 2.06. The first-order chi connectivity index (χ1) is 13.6. The Labute approximate surface area is 174 Å². The van der Waals surface area contributed by atoms with Gasteiger partial charge in [0, 0.05) is 53.0 Å². The van der Waals surface area contributed by atoms with Gasteiger partial charge < -0.3 is 10.0 Å². The van der Waals surface area contributed by atoms with Crippen LogP contribution < -0.4 is 0 Å². The monoisotopic (exact) mass is 415 g/mol. The fourth-order valence-electron chi connectivity index (χ4n) is 3.57. The Morgan fingerprint density at radius 1 is 1.11 bits per heavy atom. The van der Waals surface area contributed by atoms with E-state index in [1.807, 2.05) is 24.3 Å². The van der Waals surface area contributed by atoms with Crippen LogP contribution in [0.15, 0.2) is 57.2 Å². The van der Waals surface area contributed by atoms with E-state index in [9.17, 15) is 4.79 Å². The van der Waals surface area contributed by atoms with Gasteiger partial charge in [-0.15, -0.1) is 0 Å². The van der Waals surface area contributed by atoms with Gasteiger partial charge in [0.15, 0.2) is 0 Å². The number of benzene rings is 2. The summed E-state index contributed by atoms with van der Waals surface area (Å²) in [5, 5.41) is 9.54. The van der Waals surface area contributed by atoms with E-state index in [2.05, 4.69) is 28.0 Å². The summed E-state index contributed by atoms with van der Waals surface area (Å²) >= 11 is 8.04. The van der Waals surface area contributed by atoms with E-state index in [0.29, 0.717) is 11.4 Å². The Bertz CT molecular complexity index is 910. The van der Waals surface area contributed by atoms with Crippen LogP contribution in [0.3, 0.4) is 0 Å². The molecule has 5 nitrogen and oxygen atoms in total. The van der Waals surface area contributed by atoms with Crippen molar-refractivity contribution in [2.45, 2.75) is 22.6 Å². The first-order valence-corrected chi connectivity index (χ1v) is 10.6. The molecule has 0 saturated carbocycles. The summed E-state index contributed by atoms with van der Waals surface area (Å²) < 4.78 is 0. The summed E-state index contributed by atoms with van der Waals surface area (Å²) in [4.78, 5) is 22.7. The highest BCUT2D eigenvalue weighted by Crippen LogP contribution is 2.41.